The van der Waals surface area contributed by atoms with E-state index in [4.69, 9.17) is 0 Å². The van der Waals surface area contributed by atoms with Crippen LogP contribution in [0, 0.1) is 0 Å². The van der Waals surface area contributed by atoms with Gasteiger partial charge in [0, 0.05) is 19.4 Å². The molecule has 0 aliphatic heterocycles. The maximum Gasteiger partial charge on any atom is 0.227 e. The molecule has 0 bridgehead atoms. The molecule has 1 amide bonds. The van der Waals surface area contributed by atoms with E-state index < -0.39 is 0 Å². The van der Waals surface area contributed by atoms with Gasteiger partial charge in [0.15, 0.2) is 5.82 Å². The number of aromatic nitrogens is 2. The molecule has 0 spiro atoms. The number of carbonyl (C=O) groups is 2. The number of hydrogen-bond acceptors (Lipinski definition) is 3. The molecule has 1 rings (SSSR count). The number of nitrogens with zero attached hydrogens (tertiary/aromatic N) is 1. The summed E-state index contributed by atoms with van der Waals surface area (Å²) in [5.74, 6) is -0.394. The molecule has 5 nitrogen and oxygen atoms in total. The molecule has 0 unspecified atom stereocenters. The number of aromatic amines is 1. The highest BCUT2D eigenvalue weighted by molar-refractivity contribution is 6.05. The summed E-state index contributed by atoms with van der Waals surface area (Å²) in [6, 6.07) is 0. The van der Waals surface area contributed by atoms with E-state index in [2.05, 4.69) is 15.3 Å². The third-order valence-corrected chi connectivity index (χ3v) is 1.36. The SMILES string of the molecule is CNC(=O)CC(=O)c1ncc[nH]1. The van der Waals surface area contributed by atoms with Gasteiger partial charge in [0.25, 0.3) is 0 Å². The van der Waals surface area contributed by atoms with Gasteiger partial charge in [-0.25, -0.2) is 4.98 Å². The first-order chi connectivity index (χ1) is 5.74. The van der Waals surface area contributed by atoms with Gasteiger partial charge in [-0.05, 0) is 0 Å². The number of carbonyl (C=O) groups excluding carboxylic acids is 2. The fraction of sp³-hybridized carbons (Fsp3) is 0.286. The van der Waals surface area contributed by atoms with Crippen molar-refractivity contribution in [1.82, 2.24) is 15.3 Å². The number of nitrogens with one attached hydrogen (secondary N) is 2. The fourth-order valence-corrected chi connectivity index (χ4v) is 0.736. The lowest BCUT2D eigenvalue weighted by Crippen LogP contribution is -2.21. The summed E-state index contributed by atoms with van der Waals surface area (Å²) in [6.45, 7) is 0. The Morgan fingerprint density at radius 3 is 2.92 bits per heavy atom. The Kier molecular flexibility index (Phi) is 2.57. The molecule has 0 atom stereocenters. The summed E-state index contributed by atoms with van der Waals surface area (Å²) < 4.78 is 0. The van der Waals surface area contributed by atoms with Gasteiger partial charge < -0.3 is 10.3 Å². The molecule has 12 heavy (non-hydrogen) atoms. The number of amides is 1. The summed E-state index contributed by atoms with van der Waals surface area (Å²) >= 11 is 0. The second-order valence-corrected chi connectivity index (χ2v) is 2.21. The zero-order valence-corrected chi connectivity index (χ0v) is 6.63. The molecule has 0 saturated carbocycles. The lowest BCUT2D eigenvalue weighted by molar-refractivity contribution is -0.119. The standard InChI is InChI=1S/C7H9N3O2/c1-8-6(12)4-5(11)7-9-2-3-10-7/h2-3H,4H2,1H3,(H,8,12)(H,9,10). The average molecular weight is 167 g/mol. The summed E-state index contributed by atoms with van der Waals surface area (Å²) in [6.07, 6.45) is 2.85. The predicted octanol–water partition coefficient (Wildman–Crippen LogP) is -0.272. The van der Waals surface area contributed by atoms with E-state index in [9.17, 15) is 9.59 Å². The lowest BCUT2D eigenvalue weighted by Gasteiger charge is -1.95. The molecule has 1 aromatic heterocycles. The number of Topliss-reactive ketones (excluding diaryl/α,β-unsaturated/α-hetero) is 1. The molecule has 0 aliphatic carbocycles. The Morgan fingerprint density at radius 1 is 1.67 bits per heavy atom. The third kappa shape index (κ3) is 1.91. The molecule has 1 heterocycles. The van der Waals surface area contributed by atoms with Gasteiger partial charge in [0.1, 0.15) is 0 Å². The maximum atomic E-state index is 11.1. The van der Waals surface area contributed by atoms with Gasteiger partial charge >= 0.3 is 0 Å². The highest BCUT2D eigenvalue weighted by atomic mass is 16.2. The largest absolute Gasteiger partial charge is 0.359 e. The molecular formula is C7H9N3O2. The number of H-pyrrole nitrogens is 1. The molecule has 0 aromatic carbocycles. The molecule has 5 heteroatoms. The van der Waals surface area contributed by atoms with Crippen molar-refractivity contribution < 1.29 is 9.59 Å². The van der Waals surface area contributed by atoms with Crippen LogP contribution in [-0.4, -0.2) is 28.7 Å². The topological polar surface area (TPSA) is 74.8 Å². The molecule has 0 fully saturated rings. The normalized spacial score (nSPS) is 9.42. The smallest absolute Gasteiger partial charge is 0.227 e. The van der Waals surface area contributed by atoms with Crippen molar-refractivity contribution in [3.05, 3.63) is 18.2 Å². The van der Waals surface area contributed by atoms with Crippen molar-refractivity contribution in [3.63, 3.8) is 0 Å². The first-order valence-corrected chi connectivity index (χ1v) is 3.47. The Hall–Kier alpha value is -1.65. The van der Waals surface area contributed by atoms with Crippen molar-refractivity contribution in [3.8, 4) is 0 Å². The number of rotatable bonds is 3. The second-order valence-electron chi connectivity index (χ2n) is 2.21. The summed E-state index contributed by atoms with van der Waals surface area (Å²) in [5, 5.41) is 2.36. The lowest BCUT2D eigenvalue weighted by atomic mass is 10.2. The minimum Gasteiger partial charge on any atom is -0.359 e. The van der Waals surface area contributed by atoms with Gasteiger partial charge in [-0.3, -0.25) is 9.59 Å². The van der Waals surface area contributed by atoms with Crippen LogP contribution in [0.3, 0.4) is 0 Å². The molecule has 0 aliphatic rings. The summed E-state index contributed by atoms with van der Waals surface area (Å²) in [4.78, 5) is 28.2. The number of hydrogen-bond donors (Lipinski definition) is 2. The first kappa shape index (κ1) is 8.45. The van der Waals surface area contributed by atoms with Crippen molar-refractivity contribution in [2.75, 3.05) is 7.05 Å². The van der Waals surface area contributed by atoms with Gasteiger partial charge in [0.05, 0.1) is 6.42 Å². The average Bonchev–Trinajstić information content (AvgIpc) is 2.56. The summed E-state index contributed by atoms with van der Waals surface area (Å²) in [7, 11) is 1.48. The van der Waals surface area contributed by atoms with Crippen LogP contribution in [0.4, 0.5) is 0 Å². The van der Waals surface area contributed by atoms with E-state index in [1.165, 1.54) is 19.4 Å². The van der Waals surface area contributed by atoms with Crippen LogP contribution >= 0.6 is 0 Å². The quantitative estimate of drug-likeness (QED) is 0.480. The molecule has 0 radical (unpaired) electrons. The van der Waals surface area contributed by atoms with E-state index in [-0.39, 0.29) is 23.9 Å². The Balaban J connectivity index is 2.56. The Morgan fingerprint density at radius 2 is 2.42 bits per heavy atom. The Bertz CT molecular complexity index is 279. The van der Waals surface area contributed by atoms with Crippen molar-refractivity contribution in [2.24, 2.45) is 0 Å². The van der Waals surface area contributed by atoms with Crippen LogP contribution in [0.15, 0.2) is 12.4 Å². The Labute approximate surface area is 69.2 Å². The van der Waals surface area contributed by atoms with Crippen LogP contribution in [0.1, 0.15) is 17.0 Å². The van der Waals surface area contributed by atoms with Gasteiger partial charge in [0.2, 0.25) is 11.7 Å². The minimum absolute atomic E-state index is 0.163. The van der Waals surface area contributed by atoms with Gasteiger partial charge in [-0.2, -0.15) is 0 Å². The van der Waals surface area contributed by atoms with E-state index >= 15 is 0 Å². The highest BCUT2D eigenvalue weighted by Crippen LogP contribution is 1.94. The van der Waals surface area contributed by atoms with Crippen LogP contribution in [0.5, 0.6) is 0 Å². The fourth-order valence-electron chi connectivity index (χ4n) is 0.736. The van der Waals surface area contributed by atoms with E-state index in [1.54, 1.807) is 0 Å². The van der Waals surface area contributed by atoms with Crippen LogP contribution < -0.4 is 5.32 Å². The van der Waals surface area contributed by atoms with Crippen LogP contribution in [0.2, 0.25) is 0 Å². The highest BCUT2D eigenvalue weighted by Gasteiger charge is 2.11. The summed E-state index contributed by atoms with van der Waals surface area (Å²) in [5.41, 5.74) is 0. The number of imidazole rings is 1. The molecule has 64 valence electrons. The predicted molar refractivity (Wildman–Crippen MR) is 41.6 cm³/mol. The minimum atomic E-state index is -0.309. The van der Waals surface area contributed by atoms with Crippen LogP contribution in [-0.2, 0) is 4.79 Å². The molecule has 1 aromatic rings. The van der Waals surface area contributed by atoms with Crippen LogP contribution in [0.25, 0.3) is 0 Å². The van der Waals surface area contributed by atoms with Gasteiger partial charge in [-0.15, -0.1) is 0 Å². The van der Waals surface area contributed by atoms with E-state index in [0.717, 1.165) is 0 Å². The second kappa shape index (κ2) is 3.66. The zero-order chi connectivity index (χ0) is 8.97. The van der Waals surface area contributed by atoms with Crippen molar-refractivity contribution in [1.29, 1.82) is 0 Å². The molecule has 2 N–H and O–H groups in total. The van der Waals surface area contributed by atoms with E-state index in [0.29, 0.717) is 0 Å². The maximum absolute atomic E-state index is 11.1. The molecule has 0 saturated heterocycles. The monoisotopic (exact) mass is 167 g/mol. The third-order valence-electron chi connectivity index (χ3n) is 1.36. The molecular weight excluding hydrogens is 158 g/mol. The first-order valence-electron chi connectivity index (χ1n) is 3.47. The van der Waals surface area contributed by atoms with Crippen molar-refractivity contribution in [2.45, 2.75) is 6.42 Å². The van der Waals surface area contributed by atoms with E-state index in [1.807, 2.05) is 0 Å². The van der Waals surface area contributed by atoms with Gasteiger partial charge in [-0.1, -0.05) is 0 Å². The van der Waals surface area contributed by atoms with Crippen molar-refractivity contribution >= 4 is 11.7 Å². The zero-order valence-electron chi connectivity index (χ0n) is 6.63. The number of ketones is 1.